The molecule has 0 aromatic carbocycles. The molecule has 1 aromatic rings. The highest BCUT2D eigenvalue weighted by atomic mass is 35.5. The number of piperazine rings is 1. The Balaban J connectivity index is 1.77. The number of fused-ring (bicyclic) bond motifs is 1. The molecular weight excluding hydrogens is 242 g/mol. The summed E-state index contributed by atoms with van der Waals surface area (Å²) in [5.74, 6) is 0.823. The normalized spacial score (nSPS) is 23.6. The zero-order valence-electron chi connectivity index (χ0n) is 9.14. The molecule has 17 heavy (non-hydrogen) atoms. The third-order valence-electron chi connectivity index (χ3n) is 3.18. The maximum absolute atomic E-state index is 11.5. The van der Waals surface area contributed by atoms with Gasteiger partial charge < -0.3 is 15.1 Å². The Morgan fingerprint density at radius 1 is 1.41 bits per heavy atom. The fraction of sp³-hybridized carbons (Fsp3) is 0.500. The molecule has 0 saturated carbocycles. The van der Waals surface area contributed by atoms with Crippen LogP contribution < -0.4 is 10.2 Å². The van der Waals surface area contributed by atoms with E-state index in [1.54, 1.807) is 6.07 Å². The van der Waals surface area contributed by atoms with E-state index in [0.29, 0.717) is 11.7 Å². The van der Waals surface area contributed by atoms with Crippen LogP contribution in [-0.4, -0.2) is 53.1 Å². The highest BCUT2D eigenvalue weighted by Gasteiger charge is 2.35. The molecule has 1 atom stereocenters. The monoisotopic (exact) mass is 253 g/mol. The lowest BCUT2D eigenvalue weighted by Gasteiger charge is -2.36. The maximum Gasteiger partial charge on any atom is 0.317 e. The second-order valence-corrected chi connectivity index (χ2v) is 4.57. The van der Waals surface area contributed by atoms with Gasteiger partial charge in [-0.15, -0.1) is 0 Å². The average molecular weight is 254 g/mol. The molecule has 1 N–H and O–H groups in total. The first-order valence-electron chi connectivity index (χ1n) is 5.51. The number of nitrogens with zero attached hydrogens (tertiary/aromatic N) is 4. The molecule has 2 aliphatic rings. The number of carbonyl (C=O) groups excluding carboxylic acids is 1. The van der Waals surface area contributed by atoms with Crippen LogP contribution in [0.25, 0.3) is 0 Å². The van der Waals surface area contributed by atoms with Crippen LogP contribution in [0.2, 0.25) is 5.15 Å². The molecule has 3 heterocycles. The van der Waals surface area contributed by atoms with Crippen molar-refractivity contribution in [3.05, 3.63) is 17.5 Å². The minimum absolute atomic E-state index is 0.0374. The van der Waals surface area contributed by atoms with Gasteiger partial charge >= 0.3 is 6.03 Å². The van der Waals surface area contributed by atoms with Gasteiger partial charge in [0.1, 0.15) is 17.3 Å². The van der Waals surface area contributed by atoms with Crippen molar-refractivity contribution < 1.29 is 4.79 Å². The number of carbonyl (C=O) groups is 1. The summed E-state index contributed by atoms with van der Waals surface area (Å²) >= 11 is 5.84. The van der Waals surface area contributed by atoms with E-state index >= 15 is 0 Å². The Morgan fingerprint density at radius 2 is 2.29 bits per heavy atom. The Hall–Kier alpha value is -1.56. The van der Waals surface area contributed by atoms with Crippen LogP contribution in [-0.2, 0) is 0 Å². The van der Waals surface area contributed by atoms with Crippen LogP contribution in [0.4, 0.5) is 10.6 Å². The Labute approximate surface area is 104 Å². The van der Waals surface area contributed by atoms with Crippen molar-refractivity contribution in [2.45, 2.75) is 6.04 Å². The average Bonchev–Trinajstić information content (AvgIpc) is 2.71. The van der Waals surface area contributed by atoms with Gasteiger partial charge in [0.15, 0.2) is 0 Å². The lowest BCUT2D eigenvalue weighted by Crippen LogP contribution is -2.52. The maximum atomic E-state index is 11.5. The molecule has 7 heteroatoms. The van der Waals surface area contributed by atoms with E-state index in [9.17, 15) is 4.79 Å². The molecule has 2 saturated heterocycles. The van der Waals surface area contributed by atoms with Gasteiger partial charge in [0.25, 0.3) is 0 Å². The predicted molar refractivity (Wildman–Crippen MR) is 63.1 cm³/mol. The molecule has 6 nitrogen and oxygen atoms in total. The van der Waals surface area contributed by atoms with Crippen molar-refractivity contribution in [1.29, 1.82) is 0 Å². The summed E-state index contributed by atoms with van der Waals surface area (Å²) in [5, 5.41) is 3.29. The first-order valence-corrected chi connectivity index (χ1v) is 5.89. The Kier molecular flexibility index (Phi) is 2.51. The smallest absolute Gasteiger partial charge is 0.317 e. The zero-order chi connectivity index (χ0) is 11.8. The number of urea groups is 1. The van der Waals surface area contributed by atoms with Crippen LogP contribution in [0.15, 0.2) is 12.4 Å². The van der Waals surface area contributed by atoms with Crippen LogP contribution >= 0.6 is 11.6 Å². The fourth-order valence-electron chi connectivity index (χ4n) is 2.31. The third kappa shape index (κ3) is 1.88. The van der Waals surface area contributed by atoms with Crippen LogP contribution in [0.5, 0.6) is 0 Å². The minimum Gasteiger partial charge on any atom is -0.353 e. The number of hydrogen-bond donors (Lipinski definition) is 1. The summed E-state index contributed by atoms with van der Waals surface area (Å²) < 4.78 is 0. The van der Waals surface area contributed by atoms with Crippen molar-refractivity contribution in [2.24, 2.45) is 0 Å². The van der Waals surface area contributed by atoms with E-state index in [0.717, 1.165) is 25.5 Å². The van der Waals surface area contributed by atoms with Gasteiger partial charge in [-0.25, -0.2) is 14.8 Å². The van der Waals surface area contributed by atoms with Gasteiger partial charge in [0.05, 0.1) is 6.04 Å². The largest absolute Gasteiger partial charge is 0.353 e. The molecule has 0 aliphatic carbocycles. The molecule has 2 amide bonds. The van der Waals surface area contributed by atoms with Crippen molar-refractivity contribution in [3.8, 4) is 0 Å². The van der Waals surface area contributed by atoms with Gasteiger partial charge in [-0.3, -0.25) is 0 Å². The summed E-state index contributed by atoms with van der Waals surface area (Å²) in [4.78, 5) is 23.5. The molecule has 1 unspecified atom stereocenters. The number of rotatable bonds is 1. The molecule has 90 valence electrons. The van der Waals surface area contributed by atoms with Crippen molar-refractivity contribution in [3.63, 3.8) is 0 Å². The van der Waals surface area contributed by atoms with E-state index in [-0.39, 0.29) is 12.1 Å². The lowest BCUT2D eigenvalue weighted by molar-refractivity contribution is 0.197. The zero-order valence-corrected chi connectivity index (χ0v) is 9.89. The number of aromatic nitrogens is 2. The van der Waals surface area contributed by atoms with E-state index in [2.05, 4.69) is 20.2 Å². The van der Waals surface area contributed by atoms with Gasteiger partial charge in [-0.05, 0) is 0 Å². The number of halogens is 1. The third-order valence-corrected chi connectivity index (χ3v) is 3.38. The van der Waals surface area contributed by atoms with Gasteiger partial charge in [-0.2, -0.15) is 0 Å². The summed E-state index contributed by atoms with van der Waals surface area (Å²) in [6, 6.07) is 2.02. The van der Waals surface area contributed by atoms with Crippen molar-refractivity contribution in [1.82, 2.24) is 20.2 Å². The first-order chi connectivity index (χ1) is 8.24. The second-order valence-electron chi connectivity index (χ2n) is 4.18. The summed E-state index contributed by atoms with van der Waals surface area (Å²) in [6.45, 7) is 2.98. The molecule has 2 aliphatic heterocycles. The molecule has 0 radical (unpaired) electrons. The highest BCUT2D eigenvalue weighted by molar-refractivity contribution is 6.29. The van der Waals surface area contributed by atoms with Gasteiger partial charge in [0.2, 0.25) is 0 Å². The molecule has 0 spiro atoms. The van der Waals surface area contributed by atoms with Crippen molar-refractivity contribution in [2.75, 3.05) is 31.1 Å². The Morgan fingerprint density at radius 3 is 3.12 bits per heavy atom. The first kappa shape index (κ1) is 10.6. The van der Waals surface area contributed by atoms with E-state index in [4.69, 9.17) is 11.6 Å². The highest BCUT2D eigenvalue weighted by Crippen LogP contribution is 2.20. The summed E-state index contributed by atoms with van der Waals surface area (Å²) in [7, 11) is 0. The molecule has 2 fully saturated rings. The molecule has 3 rings (SSSR count). The van der Waals surface area contributed by atoms with Crippen LogP contribution in [0, 0.1) is 0 Å². The van der Waals surface area contributed by atoms with E-state index in [1.807, 2.05) is 4.90 Å². The van der Waals surface area contributed by atoms with Crippen molar-refractivity contribution >= 4 is 23.4 Å². The predicted octanol–water partition coefficient (Wildman–Crippen LogP) is 0.344. The van der Waals surface area contributed by atoms with E-state index in [1.165, 1.54) is 6.33 Å². The van der Waals surface area contributed by atoms with E-state index < -0.39 is 0 Å². The Bertz CT molecular complexity index is 454. The summed E-state index contributed by atoms with van der Waals surface area (Å²) in [6.07, 6.45) is 1.46. The fourth-order valence-corrected chi connectivity index (χ4v) is 2.45. The number of amides is 2. The van der Waals surface area contributed by atoms with Crippen LogP contribution in [0.3, 0.4) is 0 Å². The number of anilines is 1. The standard InChI is InChI=1S/C10H12ClN5O/c11-8-3-9(14-6-13-8)15-1-2-16-7(5-15)4-12-10(16)17/h3,6-7H,1-2,4-5H2,(H,12,17). The second kappa shape index (κ2) is 4.03. The molecule has 0 bridgehead atoms. The summed E-state index contributed by atoms with van der Waals surface area (Å²) in [5.41, 5.74) is 0. The quantitative estimate of drug-likeness (QED) is 0.734. The van der Waals surface area contributed by atoms with Gasteiger partial charge in [0, 0.05) is 32.2 Å². The molecular formula is C10H12ClN5O. The topological polar surface area (TPSA) is 61.4 Å². The minimum atomic E-state index is 0.0374. The van der Waals surface area contributed by atoms with Crippen LogP contribution in [0.1, 0.15) is 0 Å². The van der Waals surface area contributed by atoms with Gasteiger partial charge in [-0.1, -0.05) is 11.6 Å². The number of hydrogen-bond acceptors (Lipinski definition) is 4. The lowest BCUT2D eigenvalue weighted by atomic mass is 10.2. The number of nitrogens with one attached hydrogen (secondary N) is 1. The SMILES string of the molecule is O=C1NCC2CN(c3cc(Cl)ncn3)CCN12. The molecule has 1 aromatic heterocycles.